The fourth-order valence-electron chi connectivity index (χ4n) is 4.82. The Morgan fingerprint density at radius 3 is 2.55 bits per heavy atom. The number of rotatable bonds is 8. The summed E-state index contributed by atoms with van der Waals surface area (Å²) in [5, 5.41) is 1.21. The number of aromatic nitrogens is 1. The average Bonchev–Trinajstić information content (AvgIpc) is 3.20. The maximum atomic E-state index is 13.1. The van der Waals surface area contributed by atoms with Gasteiger partial charge in [-0.25, -0.2) is 4.39 Å². The Balaban J connectivity index is 1.42. The quantitative estimate of drug-likeness (QED) is 0.555. The summed E-state index contributed by atoms with van der Waals surface area (Å²) >= 11 is 0. The molecule has 1 aliphatic heterocycles. The molecule has 1 unspecified atom stereocenters. The monoisotopic (exact) mass is 421 g/mol. The molecule has 2 heterocycles. The third-order valence-corrected chi connectivity index (χ3v) is 6.65. The second-order valence-electron chi connectivity index (χ2n) is 8.73. The third kappa shape index (κ3) is 4.99. The Kier molecular flexibility index (Phi) is 6.71. The number of hydrogen-bond acceptors (Lipinski definition) is 2. The van der Waals surface area contributed by atoms with Crippen molar-refractivity contribution in [2.24, 2.45) is 5.73 Å². The second-order valence-corrected chi connectivity index (χ2v) is 8.73. The summed E-state index contributed by atoms with van der Waals surface area (Å²) in [7, 11) is 0. The second kappa shape index (κ2) is 9.65. The van der Waals surface area contributed by atoms with Gasteiger partial charge in [-0.3, -0.25) is 4.79 Å². The average molecular weight is 422 g/mol. The minimum atomic E-state index is -0.242. The van der Waals surface area contributed by atoms with Crippen LogP contribution in [0, 0.1) is 5.82 Å². The van der Waals surface area contributed by atoms with Crippen LogP contribution in [0.25, 0.3) is 10.9 Å². The van der Waals surface area contributed by atoms with E-state index in [0.717, 1.165) is 57.3 Å². The van der Waals surface area contributed by atoms with Crippen molar-refractivity contribution in [3.05, 3.63) is 71.7 Å². The molecule has 5 heteroatoms. The molecule has 4 rings (SSSR count). The Morgan fingerprint density at radius 1 is 1.13 bits per heavy atom. The van der Waals surface area contributed by atoms with Gasteiger partial charge in [0.05, 0.1) is 5.92 Å². The smallest absolute Gasteiger partial charge is 0.224 e. The van der Waals surface area contributed by atoms with Crippen LogP contribution in [-0.2, 0) is 11.2 Å². The number of amides is 1. The summed E-state index contributed by atoms with van der Waals surface area (Å²) in [6, 6.07) is 15.8. The Hall–Kier alpha value is -2.66. The molecular formula is C26H32FN3O. The van der Waals surface area contributed by atoms with E-state index in [1.54, 1.807) is 0 Å². The van der Waals surface area contributed by atoms with Gasteiger partial charge in [-0.2, -0.15) is 0 Å². The Labute approximate surface area is 183 Å². The lowest BCUT2D eigenvalue weighted by atomic mass is 9.93. The summed E-state index contributed by atoms with van der Waals surface area (Å²) in [4.78, 5) is 14.5. The van der Waals surface area contributed by atoms with E-state index in [9.17, 15) is 9.18 Å². The van der Waals surface area contributed by atoms with Gasteiger partial charge in [0.1, 0.15) is 5.82 Å². The number of carbonyl (C=O) groups excluding carboxylic acids is 1. The standard InChI is InChI=1S/C26H32FN3O/c1-2-3-24(26(28)31)21-7-6-20-11-17-30(25(20)18-21)23-12-15-29(16-13-23)14-10-19-4-8-22(27)9-5-19/h4-9,11,17-18,23-24H,2-3,10,12-16H2,1H3,(H2,28,31). The number of halogens is 1. The third-order valence-electron chi connectivity index (χ3n) is 6.65. The molecule has 1 amide bonds. The molecule has 0 aliphatic carbocycles. The first-order valence-electron chi connectivity index (χ1n) is 11.4. The molecule has 0 bridgehead atoms. The van der Waals surface area contributed by atoms with Gasteiger partial charge >= 0.3 is 0 Å². The SMILES string of the molecule is CCCC(C(N)=O)c1ccc2ccn(C3CCN(CCc4ccc(F)cc4)CC3)c2c1. The van der Waals surface area contributed by atoms with Crippen LogP contribution < -0.4 is 5.73 Å². The molecule has 0 saturated carbocycles. The highest BCUT2D eigenvalue weighted by atomic mass is 19.1. The Bertz CT molecular complexity index is 1020. The van der Waals surface area contributed by atoms with Gasteiger partial charge < -0.3 is 15.2 Å². The van der Waals surface area contributed by atoms with Gasteiger partial charge in [0.2, 0.25) is 5.91 Å². The van der Waals surface area contributed by atoms with Crippen LogP contribution in [0.4, 0.5) is 4.39 Å². The highest BCUT2D eigenvalue weighted by Crippen LogP contribution is 2.31. The van der Waals surface area contributed by atoms with Crippen LogP contribution in [0.15, 0.2) is 54.7 Å². The minimum Gasteiger partial charge on any atom is -0.369 e. The molecule has 0 radical (unpaired) electrons. The van der Waals surface area contributed by atoms with E-state index >= 15 is 0 Å². The van der Waals surface area contributed by atoms with Crippen molar-refractivity contribution in [2.45, 2.75) is 51.0 Å². The van der Waals surface area contributed by atoms with Gasteiger partial charge in [-0.05, 0) is 66.5 Å². The van der Waals surface area contributed by atoms with Crippen LogP contribution in [0.2, 0.25) is 0 Å². The summed E-state index contributed by atoms with van der Waals surface area (Å²) in [5.74, 6) is -0.636. The molecule has 3 aromatic rings. The zero-order valence-corrected chi connectivity index (χ0v) is 18.3. The summed E-state index contributed by atoms with van der Waals surface area (Å²) in [5.41, 5.74) is 9.09. The predicted molar refractivity (Wildman–Crippen MR) is 124 cm³/mol. The molecule has 2 aromatic carbocycles. The highest BCUT2D eigenvalue weighted by Gasteiger charge is 2.22. The molecule has 1 fully saturated rings. The fraction of sp³-hybridized carbons (Fsp3) is 0.423. The number of primary amides is 1. The Morgan fingerprint density at radius 2 is 1.87 bits per heavy atom. The molecule has 0 spiro atoms. The predicted octanol–water partition coefficient (Wildman–Crippen LogP) is 5.03. The number of benzene rings is 2. The zero-order chi connectivity index (χ0) is 21.8. The van der Waals surface area contributed by atoms with E-state index in [1.165, 1.54) is 28.6 Å². The van der Waals surface area contributed by atoms with E-state index in [-0.39, 0.29) is 17.6 Å². The first-order chi connectivity index (χ1) is 15.0. The van der Waals surface area contributed by atoms with E-state index in [2.05, 4.69) is 46.9 Å². The van der Waals surface area contributed by atoms with E-state index < -0.39 is 0 Å². The summed E-state index contributed by atoms with van der Waals surface area (Å²) in [6.07, 6.45) is 7.06. The van der Waals surface area contributed by atoms with E-state index in [4.69, 9.17) is 5.73 Å². The van der Waals surface area contributed by atoms with Crippen molar-refractivity contribution >= 4 is 16.8 Å². The van der Waals surface area contributed by atoms with Crippen molar-refractivity contribution < 1.29 is 9.18 Å². The lowest BCUT2D eigenvalue weighted by Crippen LogP contribution is -2.35. The molecule has 4 nitrogen and oxygen atoms in total. The maximum Gasteiger partial charge on any atom is 0.224 e. The topological polar surface area (TPSA) is 51.3 Å². The van der Waals surface area contributed by atoms with Crippen molar-refractivity contribution in [3.8, 4) is 0 Å². The van der Waals surface area contributed by atoms with Crippen molar-refractivity contribution in [3.63, 3.8) is 0 Å². The van der Waals surface area contributed by atoms with Crippen molar-refractivity contribution in [1.82, 2.24) is 9.47 Å². The number of fused-ring (bicyclic) bond motifs is 1. The van der Waals surface area contributed by atoms with Crippen LogP contribution in [-0.4, -0.2) is 35.0 Å². The zero-order valence-electron chi connectivity index (χ0n) is 18.3. The normalized spacial score (nSPS) is 16.6. The summed E-state index contributed by atoms with van der Waals surface area (Å²) < 4.78 is 15.5. The summed E-state index contributed by atoms with van der Waals surface area (Å²) in [6.45, 7) is 5.21. The number of nitrogens with zero attached hydrogens (tertiary/aromatic N) is 2. The number of likely N-dealkylation sites (tertiary alicyclic amines) is 1. The number of nitrogens with two attached hydrogens (primary N) is 1. The molecule has 164 valence electrons. The van der Waals surface area contributed by atoms with Crippen molar-refractivity contribution in [2.75, 3.05) is 19.6 Å². The minimum absolute atomic E-state index is 0.177. The molecule has 1 saturated heterocycles. The molecule has 2 N–H and O–H groups in total. The van der Waals surface area contributed by atoms with Gasteiger partial charge in [0, 0.05) is 37.4 Å². The van der Waals surface area contributed by atoms with Gasteiger partial charge in [0.25, 0.3) is 0 Å². The first kappa shape index (κ1) is 21.6. The largest absolute Gasteiger partial charge is 0.369 e. The van der Waals surface area contributed by atoms with Gasteiger partial charge in [-0.15, -0.1) is 0 Å². The van der Waals surface area contributed by atoms with Crippen LogP contribution in [0.5, 0.6) is 0 Å². The maximum absolute atomic E-state index is 13.1. The highest BCUT2D eigenvalue weighted by molar-refractivity contribution is 5.86. The van der Waals surface area contributed by atoms with Crippen molar-refractivity contribution in [1.29, 1.82) is 0 Å². The molecule has 1 aromatic heterocycles. The van der Waals surface area contributed by atoms with Crippen LogP contribution in [0.1, 0.15) is 55.7 Å². The molecular weight excluding hydrogens is 389 g/mol. The number of carbonyl (C=O) groups is 1. The van der Waals surface area contributed by atoms with Crippen LogP contribution >= 0.6 is 0 Å². The van der Waals surface area contributed by atoms with Gasteiger partial charge in [0.15, 0.2) is 0 Å². The number of piperidine rings is 1. The molecule has 31 heavy (non-hydrogen) atoms. The first-order valence-corrected chi connectivity index (χ1v) is 11.4. The number of hydrogen-bond donors (Lipinski definition) is 1. The van der Waals surface area contributed by atoms with Gasteiger partial charge in [-0.1, -0.05) is 37.6 Å². The van der Waals surface area contributed by atoms with E-state index in [0.29, 0.717) is 6.04 Å². The molecule has 1 aliphatic rings. The lowest BCUT2D eigenvalue weighted by molar-refractivity contribution is -0.119. The van der Waals surface area contributed by atoms with Crippen LogP contribution in [0.3, 0.4) is 0 Å². The van der Waals surface area contributed by atoms with E-state index in [1.807, 2.05) is 12.1 Å². The fourth-order valence-corrected chi connectivity index (χ4v) is 4.82. The lowest BCUT2D eigenvalue weighted by Gasteiger charge is -2.33. The molecule has 1 atom stereocenters.